The highest BCUT2D eigenvalue weighted by molar-refractivity contribution is 8.00. The summed E-state index contributed by atoms with van der Waals surface area (Å²) in [6.07, 6.45) is 2.83. The van der Waals surface area contributed by atoms with Crippen LogP contribution in [0.4, 0.5) is 5.13 Å². The molecule has 0 bridgehead atoms. The topological polar surface area (TPSA) is 163 Å². The van der Waals surface area contributed by atoms with Crippen molar-refractivity contribution in [1.29, 1.82) is 0 Å². The van der Waals surface area contributed by atoms with Gasteiger partial charge >= 0.3 is 11.9 Å². The van der Waals surface area contributed by atoms with Crippen LogP contribution in [0.15, 0.2) is 23.2 Å². The molecule has 0 aromatic carbocycles. The first-order valence-corrected chi connectivity index (χ1v) is 10.0. The second kappa shape index (κ2) is 8.02. The Morgan fingerprint density at radius 1 is 1.39 bits per heavy atom. The number of nitrogens with zero attached hydrogens (tertiary/aromatic N) is 2. The van der Waals surface area contributed by atoms with E-state index in [1.807, 2.05) is 0 Å². The van der Waals surface area contributed by atoms with E-state index >= 15 is 0 Å². The number of aliphatic carboxylic acids is 2. The molecule has 28 heavy (non-hydrogen) atoms. The van der Waals surface area contributed by atoms with Crippen LogP contribution in [0.1, 0.15) is 18.5 Å². The molecule has 0 unspecified atom stereocenters. The Hall–Kier alpha value is -2.86. The molecular weight excluding hydrogens is 408 g/mol. The number of nitrogens with one attached hydrogen (secondary N) is 1. The van der Waals surface area contributed by atoms with Gasteiger partial charge in [-0.05, 0) is 12.5 Å². The Balaban J connectivity index is 1.76. The van der Waals surface area contributed by atoms with E-state index in [2.05, 4.69) is 10.3 Å². The first-order valence-electron chi connectivity index (χ1n) is 8.12. The zero-order valence-corrected chi connectivity index (χ0v) is 16.0. The minimum atomic E-state index is -1.20. The number of carbonyl (C=O) groups excluding carboxylic acids is 2. The van der Waals surface area contributed by atoms with Gasteiger partial charge in [0.1, 0.15) is 17.1 Å². The molecule has 148 valence electrons. The van der Waals surface area contributed by atoms with Crippen LogP contribution in [-0.4, -0.2) is 61.0 Å². The fourth-order valence-corrected chi connectivity index (χ4v) is 4.58. The quantitative estimate of drug-likeness (QED) is 0.357. The number of carboxylic acids is 2. The third kappa shape index (κ3) is 3.87. The predicted octanol–water partition coefficient (Wildman–Crippen LogP) is 0.342. The zero-order valence-electron chi connectivity index (χ0n) is 14.3. The average molecular weight is 424 g/mol. The average Bonchev–Trinajstić information content (AvgIpc) is 3.07. The molecule has 2 amide bonds. The Bertz CT molecular complexity index is 909. The predicted molar refractivity (Wildman–Crippen MR) is 102 cm³/mol. The van der Waals surface area contributed by atoms with Crippen LogP contribution in [0.25, 0.3) is 5.57 Å². The van der Waals surface area contributed by atoms with Crippen LogP contribution in [0.5, 0.6) is 0 Å². The van der Waals surface area contributed by atoms with E-state index in [1.165, 1.54) is 23.9 Å². The lowest BCUT2D eigenvalue weighted by molar-refractivity contribution is -0.150. The number of nitrogen functional groups attached to an aromatic ring is 1. The second-order valence-corrected chi connectivity index (χ2v) is 7.94. The molecule has 12 heteroatoms. The van der Waals surface area contributed by atoms with Gasteiger partial charge in [0.05, 0.1) is 11.3 Å². The number of hydrogen-bond donors (Lipinski definition) is 4. The molecule has 0 spiro atoms. The summed E-state index contributed by atoms with van der Waals surface area (Å²) in [4.78, 5) is 52.3. The van der Waals surface area contributed by atoms with Gasteiger partial charge < -0.3 is 21.3 Å². The summed E-state index contributed by atoms with van der Waals surface area (Å²) in [5.41, 5.74) is 5.93. The highest BCUT2D eigenvalue weighted by Crippen LogP contribution is 2.37. The van der Waals surface area contributed by atoms with Crippen LogP contribution in [0.2, 0.25) is 0 Å². The summed E-state index contributed by atoms with van der Waals surface area (Å²) in [6, 6.07) is -0.876. The summed E-state index contributed by atoms with van der Waals surface area (Å²) in [5, 5.41) is 21.9. The van der Waals surface area contributed by atoms with Crippen molar-refractivity contribution >= 4 is 57.6 Å². The molecule has 1 aromatic heterocycles. The normalized spacial score (nSPS) is 21.4. The number of carboxylic acid groups (broad SMARTS) is 2. The molecule has 2 atom stereocenters. The lowest BCUT2D eigenvalue weighted by Gasteiger charge is -2.48. The van der Waals surface area contributed by atoms with Crippen molar-refractivity contribution in [2.24, 2.45) is 0 Å². The number of nitrogens with two attached hydrogens (primary N) is 1. The maximum Gasteiger partial charge on any atom is 0.352 e. The highest BCUT2D eigenvalue weighted by Gasteiger charge is 2.52. The Morgan fingerprint density at radius 2 is 2.14 bits per heavy atom. The Labute approximate surface area is 167 Å². The molecule has 3 rings (SSSR count). The van der Waals surface area contributed by atoms with Crippen LogP contribution in [-0.2, 0) is 19.2 Å². The van der Waals surface area contributed by atoms with Crippen LogP contribution >= 0.6 is 23.1 Å². The van der Waals surface area contributed by atoms with Gasteiger partial charge in [-0.25, -0.2) is 9.78 Å². The van der Waals surface area contributed by atoms with Gasteiger partial charge in [0.25, 0.3) is 11.8 Å². The van der Waals surface area contributed by atoms with Gasteiger partial charge in [-0.15, -0.1) is 23.1 Å². The van der Waals surface area contributed by atoms with Crippen molar-refractivity contribution in [1.82, 2.24) is 15.2 Å². The van der Waals surface area contributed by atoms with Gasteiger partial charge in [0.15, 0.2) is 5.13 Å². The molecule has 0 aliphatic carbocycles. The minimum Gasteiger partial charge on any atom is -0.481 e. The minimum absolute atomic E-state index is 0.0938. The number of thiazole rings is 1. The van der Waals surface area contributed by atoms with E-state index in [0.717, 1.165) is 16.2 Å². The van der Waals surface area contributed by atoms with Crippen LogP contribution in [0.3, 0.4) is 0 Å². The fraction of sp³-hybridized carbons (Fsp3) is 0.312. The summed E-state index contributed by atoms with van der Waals surface area (Å²) in [5.74, 6) is -2.91. The summed E-state index contributed by atoms with van der Waals surface area (Å²) in [6.45, 7) is 0. The SMILES string of the molecule is Nc1nc(C(=CCCC(=O)O)C(=O)N[C@@H]2C(=O)N3C(C(=O)O)=CCS[C@@H]23)cs1. The van der Waals surface area contributed by atoms with Crippen molar-refractivity contribution in [3.05, 3.63) is 28.9 Å². The van der Waals surface area contributed by atoms with Crippen molar-refractivity contribution < 1.29 is 29.4 Å². The number of anilines is 1. The van der Waals surface area contributed by atoms with Crippen molar-refractivity contribution in [2.75, 3.05) is 11.5 Å². The Kier molecular flexibility index (Phi) is 5.70. The van der Waals surface area contributed by atoms with Crippen molar-refractivity contribution in [3.63, 3.8) is 0 Å². The number of fused-ring (bicyclic) bond motifs is 1. The van der Waals surface area contributed by atoms with E-state index in [-0.39, 0.29) is 34.9 Å². The van der Waals surface area contributed by atoms with E-state index in [1.54, 1.807) is 5.38 Å². The van der Waals surface area contributed by atoms with E-state index < -0.39 is 35.2 Å². The van der Waals surface area contributed by atoms with Gasteiger partial charge in [-0.2, -0.15) is 0 Å². The standard InChI is InChI=1S/C16H16N4O6S2/c17-16-18-8(6-28-16)7(2-1-3-10(21)22)12(23)19-11-13(24)20-9(15(25)26)4-5-27-14(11)20/h2,4,6,11,14H,1,3,5H2,(H2,17,18)(H,19,23)(H,21,22)(H,25,26)/t11-,14+/m1/s1. The molecular formula is C16H16N4O6S2. The summed E-state index contributed by atoms with van der Waals surface area (Å²) >= 11 is 2.47. The summed E-state index contributed by atoms with van der Waals surface area (Å²) in [7, 11) is 0. The lowest BCUT2D eigenvalue weighted by atomic mass is 10.0. The zero-order chi connectivity index (χ0) is 20.4. The van der Waals surface area contributed by atoms with Crippen molar-refractivity contribution in [3.8, 4) is 0 Å². The van der Waals surface area contributed by atoms with E-state index in [4.69, 9.17) is 10.8 Å². The molecule has 0 radical (unpaired) electrons. The number of β-lactam (4-membered cyclic amide) rings is 1. The number of rotatable bonds is 7. The third-order valence-electron chi connectivity index (χ3n) is 4.10. The highest BCUT2D eigenvalue weighted by atomic mass is 32.2. The first-order chi connectivity index (χ1) is 13.3. The van der Waals surface area contributed by atoms with Gasteiger partial charge in [0.2, 0.25) is 0 Å². The molecule has 2 aliphatic rings. The van der Waals surface area contributed by atoms with Gasteiger partial charge in [-0.1, -0.05) is 6.08 Å². The number of thioether (sulfide) groups is 1. The molecule has 10 nitrogen and oxygen atoms in total. The monoisotopic (exact) mass is 424 g/mol. The van der Waals surface area contributed by atoms with Crippen LogP contribution in [0, 0.1) is 0 Å². The maximum absolute atomic E-state index is 12.8. The molecule has 1 fully saturated rings. The molecule has 0 saturated carbocycles. The molecule has 2 aliphatic heterocycles. The number of carbonyl (C=O) groups is 4. The summed E-state index contributed by atoms with van der Waals surface area (Å²) < 4.78 is 0. The van der Waals surface area contributed by atoms with Crippen LogP contribution < -0.4 is 11.1 Å². The molecule has 5 N–H and O–H groups in total. The first kappa shape index (κ1) is 19.9. The molecule has 1 saturated heterocycles. The second-order valence-electron chi connectivity index (χ2n) is 5.90. The Morgan fingerprint density at radius 3 is 2.75 bits per heavy atom. The van der Waals surface area contributed by atoms with E-state index in [9.17, 15) is 24.3 Å². The number of allylic oxidation sites excluding steroid dienone is 1. The lowest BCUT2D eigenvalue weighted by Crippen LogP contribution is -2.70. The number of amides is 2. The van der Waals surface area contributed by atoms with E-state index in [0.29, 0.717) is 5.75 Å². The third-order valence-corrected chi connectivity index (χ3v) is 5.96. The number of hydrogen-bond acceptors (Lipinski definition) is 8. The number of aromatic nitrogens is 1. The smallest absolute Gasteiger partial charge is 0.352 e. The van der Waals surface area contributed by atoms with Gasteiger partial charge in [-0.3, -0.25) is 19.3 Å². The van der Waals surface area contributed by atoms with Gasteiger partial charge in [0, 0.05) is 17.6 Å². The largest absolute Gasteiger partial charge is 0.481 e. The maximum atomic E-state index is 12.8. The molecule has 1 aromatic rings. The fourth-order valence-electron chi connectivity index (χ4n) is 2.82. The van der Waals surface area contributed by atoms with Crippen molar-refractivity contribution in [2.45, 2.75) is 24.3 Å². The molecule has 3 heterocycles.